The number of carbonyl (C=O) groups excluding carboxylic acids is 2. The van der Waals surface area contributed by atoms with Crippen LogP contribution in [-0.4, -0.2) is 24.0 Å². The fourth-order valence-electron chi connectivity index (χ4n) is 3.18. The van der Waals surface area contributed by atoms with Gasteiger partial charge in [-0.15, -0.1) is 0 Å². The molecule has 5 heteroatoms. The number of amides is 2. The Hall–Kier alpha value is -2.04. The van der Waals surface area contributed by atoms with Crippen molar-refractivity contribution in [2.45, 2.75) is 24.8 Å². The van der Waals surface area contributed by atoms with Crippen LogP contribution in [0.4, 0.5) is 0 Å². The molecule has 0 aliphatic heterocycles. The van der Waals surface area contributed by atoms with E-state index in [4.69, 9.17) is 10.5 Å². The molecule has 100 valence electrons. The number of hydrogen-bond donors (Lipinski definition) is 2. The molecule has 0 spiro atoms. The Kier molecular flexibility index (Phi) is 2.52. The predicted molar refractivity (Wildman–Crippen MR) is 68.3 cm³/mol. The molecule has 19 heavy (non-hydrogen) atoms. The van der Waals surface area contributed by atoms with Crippen LogP contribution in [0.25, 0.3) is 0 Å². The molecule has 0 radical (unpaired) electrons. The molecule has 3 saturated carbocycles. The van der Waals surface area contributed by atoms with E-state index in [0.717, 1.165) is 0 Å². The summed E-state index contributed by atoms with van der Waals surface area (Å²) in [4.78, 5) is 22.9. The Morgan fingerprint density at radius 2 is 1.84 bits per heavy atom. The maximum absolute atomic E-state index is 11.8. The lowest BCUT2D eigenvalue weighted by Gasteiger charge is -2.68. The highest BCUT2D eigenvalue weighted by Crippen LogP contribution is 2.66. The van der Waals surface area contributed by atoms with Crippen LogP contribution in [0.15, 0.2) is 30.3 Å². The quantitative estimate of drug-likeness (QED) is 0.813. The van der Waals surface area contributed by atoms with Gasteiger partial charge in [0.2, 0.25) is 5.91 Å². The van der Waals surface area contributed by atoms with Crippen LogP contribution in [0, 0.1) is 5.41 Å². The minimum Gasteiger partial charge on any atom is -0.484 e. The summed E-state index contributed by atoms with van der Waals surface area (Å²) in [5.74, 6) is 0.273. The number of carbonyl (C=O) groups is 2. The van der Waals surface area contributed by atoms with Crippen LogP contribution in [-0.2, 0) is 9.59 Å². The Balaban J connectivity index is 1.46. The van der Waals surface area contributed by atoms with Gasteiger partial charge in [0.05, 0.1) is 5.41 Å². The Labute approximate surface area is 111 Å². The topological polar surface area (TPSA) is 81.4 Å². The highest BCUT2D eigenvalue weighted by atomic mass is 16.5. The smallest absolute Gasteiger partial charge is 0.258 e. The van der Waals surface area contributed by atoms with Gasteiger partial charge in [-0.3, -0.25) is 9.59 Å². The standard InChI is InChI=1S/C14H16N2O3/c15-12(18)13-7-14(8-13,9-13)16-11(17)6-19-10-4-2-1-3-5-10/h1-5H,6-9H2,(H2,15,18)(H,16,17). The van der Waals surface area contributed by atoms with Crippen LogP contribution in [0.3, 0.4) is 0 Å². The van der Waals surface area contributed by atoms with Gasteiger partial charge in [-0.1, -0.05) is 18.2 Å². The van der Waals surface area contributed by atoms with Crippen molar-refractivity contribution in [1.29, 1.82) is 0 Å². The average molecular weight is 260 g/mol. The molecule has 1 aromatic rings. The summed E-state index contributed by atoms with van der Waals surface area (Å²) < 4.78 is 5.37. The average Bonchev–Trinajstić information content (AvgIpc) is 2.30. The molecule has 0 saturated heterocycles. The molecule has 3 fully saturated rings. The molecular weight excluding hydrogens is 244 g/mol. The van der Waals surface area contributed by atoms with Crippen LogP contribution >= 0.6 is 0 Å². The third-order valence-corrected chi connectivity index (χ3v) is 4.07. The monoisotopic (exact) mass is 260 g/mol. The van der Waals surface area contributed by atoms with E-state index in [1.54, 1.807) is 12.1 Å². The molecule has 3 N–H and O–H groups in total. The van der Waals surface area contributed by atoms with Crippen molar-refractivity contribution < 1.29 is 14.3 Å². The molecular formula is C14H16N2O3. The van der Waals surface area contributed by atoms with Crippen molar-refractivity contribution in [3.8, 4) is 5.75 Å². The molecule has 1 aromatic carbocycles. The highest BCUT2D eigenvalue weighted by molar-refractivity contribution is 5.87. The first-order valence-corrected chi connectivity index (χ1v) is 6.33. The number of hydrogen-bond acceptors (Lipinski definition) is 3. The summed E-state index contributed by atoms with van der Waals surface area (Å²) >= 11 is 0. The van der Waals surface area contributed by atoms with Crippen LogP contribution in [0.2, 0.25) is 0 Å². The Bertz CT molecular complexity index is 507. The van der Waals surface area contributed by atoms with Crippen LogP contribution < -0.4 is 15.8 Å². The summed E-state index contributed by atoms with van der Waals surface area (Å²) in [5.41, 5.74) is 4.78. The summed E-state index contributed by atoms with van der Waals surface area (Å²) in [6, 6.07) is 9.20. The third-order valence-electron chi connectivity index (χ3n) is 4.07. The number of benzene rings is 1. The number of nitrogens with one attached hydrogen (secondary N) is 1. The molecule has 2 amide bonds. The van der Waals surface area contributed by atoms with Gasteiger partial charge in [0.1, 0.15) is 5.75 Å². The largest absolute Gasteiger partial charge is 0.484 e. The first-order chi connectivity index (χ1) is 9.04. The fourth-order valence-corrected chi connectivity index (χ4v) is 3.18. The molecule has 3 aliphatic carbocycles. The summed E-state index contributed by atoms with van der Waals surface area (Å²) in [7, 11) is 0. The first kappa shape index (κ1) is 12.0. The molecule has 0 aromatic heterocycles. The molecule has 4 rings (SSSR count). The van der Waals surface area contributed by atoms with E-state index < -0.39 is 0 Å². The summed E-state index contributed by atoms with van der Waals surface area (Å²) in [6.45, 7) is -0.00463. The second-order valence-electron chi connectivity index (χ2n) is 5.61. The number of rotatable bonds is 5. The zero-order valence-electron chi connectivity index (χ0n) is 10.5. The summed E-state index contributed by atoms with van der Waals surface area (Å²) in [6.07, 6.45) is 2.02. The first-order valence-electron chi connectivity index (χ1n) is 6.33. The second kappa shape index (κ2) is 3.98. The van der Waals surface area contributed by atoms with E-state index >= 15 is 0 Å². The highest BCUT2D eigenvalue weighted by Gasteiger charge is 2.71. The number of nitrogens with two attached hydrogens (primary N) is 1. The molecule has 2 bridgehead atoms. The van der Waals surface area contributed by atoms with Gasteiger partial charge in [0.25, 0.3) is 5.91 Å². The zero-order valence-corrected chi connectivity index (χ0v) is 10.5. The minimum atomic E-state index is -0.340. The Morgan fingerprint density at radius 3 is 2.42 bits per heavy atom. The molecule has 5 nitrogen and oxygen atoms in total. The van der Waals surface area contributed by atoms with Gasteiger partial charge in [-0.05, 0) is 31.4 Å². The lowest BCUT2D eigenvalue weighted by atomic mass is 9.39. The van der Waals surface area contributed by atoms with Gasteiger partial charge in [-0.2, -0.15) is 0 Å². The zero-order chi connectivity index (χ0) is 13.5. The molecule has 0 heterocycles. The predicted octanol–water partition coefficient (Wildman–Crippen LogP) is 0.590. The minimum absolute atomic E-state index is 0.00463. The van der Waals surface area contributed by atoms with Gasteiger partial charge in [0, 0.05) is 5.54 Å². The Morgan fingerprint density at radius 1 is 1.21 bits per heavy atom. The van der Waals surface area contributed by atoms with Crippen molar-refractivity contribution >= 4 is 11.8 Å². The number of primary amides is 1. The van der Waals surface area contributed by atoms with E-state index in [9.17, 15) is 9.59 Å². The molecule has 3 aliphatic rings. The van der Waals surface area contributed by atoms with E-state index in [0.29, 0.717) is 25.0 Å². The van der Waals surface area contributed by atoms with Crippen LogP contribution in [0.1, 0.15) is 19.3 Å². The van der Waals surface area contributed by atoms with E-state index in [1.807, 2.05) is 18.2 Å². The normalized spacial score (nSPS) is 30.7. The maximum atomic E-state index is 11.8. The van der Waals surface area contributed by atoms with E-state index in [2.05, 4.69) is 5.32 Å². The lowest BCUT2D eigenvalue weighted by Crippen LogP contribution is -2.78. The van der Waals surface area contributed by atoms with Crippen molar-refractivity contribution in [3.63, 3.8) is 0 Å². The number of para-hydroxylation sites is 1. The third kappa shape index (κ3) is 1.95. The lowest BCUT2D eigenvalue weighted by molar-refractivity contribution is -0.180. The molecule has 0 unspecified atom stereocenters. The van der Waals surface area contributed by atoms with Gasteiger partial charge in [0.15, 0.2) is 6.61 Å². The molecule has 0 atom stereocenters. The van der Waals surface area contributed by atoms with Crippen molar-refractivity contribution in [2.75, 3.05) is 6.61 Å². The van der Waals surface area contributed by atoms with Gasteiger partial charge < -0.3 is 15.8 Å². The second-order valence-corrected chi connectivity index (χ2v) is 5.61. The fraction of sp³-hybridized carbons (Fsp3) is 0.429. The SMILES string of the molecule is NC(=O)C12CC(NC(=O)COc3ccccc3)(C1)C2. The van der Waals surface area contributed by atoms with Crippen molar-refractivity contribution in [3.05, 3.63) is 30.3 Å². The van der Waals surface area contributed by atoms with E-state index in [-0.39, 0.29) is 29.4 Å². The maximum Gasteiger partial charge on any atom is 0.258 e. The van der Waals surface area contributed by atoms with Crippen molar-refractivity contribution in [1.82, 2.24) is 5.32 Å². The van der Waals surface area contributed by atoms with E-state index in [1.165, 1.54) is 0 Å². The number of ether oxygens (including phenoxy) is 1. The van der Waals surface area contributed by atoms with Gasteiger partial charge in [-0.25, -0.2) is 0 Å². The summed E-state index contributed by atoms with van der Waals surface area (Å²) in [5, 5.41) is 2.94. The van der Waals surface area contributed by atoms with Gasteiger partial charge >= 0.3 is 0 Å². The van der Waals surface area contributed by atoms with Crippen molar-refractivity contribution in [2.24, 2.45) is 11.1 Å². The van der Waals surface area contributed by atoms with Crippen LogP contribution in [0.5, 0.6) is 5.75 Å².